The molecule has 206 valence electrons. The number of halogens is 1. The summed E-state index contributed by atoms with van der Waals surface area (Å²) >= 11 is 6.17. The number of phosphoric ester groups is 1. The molecule has 4 atom stereocenters. The van der Waals surface area contributed by atoms with Crippen LogP contribution in [-0.4, -0.2) is 41.5 Å². The Balaban J connectivity index is 1.47. The SMILES string of the molecule is Cc1cn([C@H]2C[C@H](N=[N+]=[N-])[C@@H](COP(=O)(OCCOc3ccccc3)Oc3ccccc3Cl)O2)c(=O)[nH]c1=O. The van der Waals surface area contributed by atoms with E-state index in [0.717, 1.165) is 0 Å². The highest BCUT2D eigenvalue weighted by Crippen LogP contribution is 2.51. The van der Waals surface area contributed by atoms with Crippen LogP contribution >= 0.6 is 19.4 Å². The third-order valence-corrected chi connectivity index (χ3v) is 7.35. The van der Waals surface area contributed by atoms with Crippen molar-refractivity contribution in [2.24, 2.45) is 5.11 Å². The fraction of sp³-hybridized carbons (Fsp3) is 0.333. The fourth-order valence-electron chi connectivity index (χ4n) is 3.74. The van der Waals surface area contributed by atoms with Gasteiger partial charge in [-0.1, -0.05) is 47.0 Å². The largest absolute Gasteiger partial charge is 0.530 e. The molecule has 3 aromatic rings. The molecule has 39 heavy (non-hydrogen) atoms. The van der Waals surface area contributed by atoms with Crippen LogP contribution in [0.1, 0.15) is 18.2 Å². The molecule has 13 nitrogen and oxygen atoms in total. The summed E-state index contributed by atoms with van der Waals surface area (Å²) in [6.45, 7) is 1.05. The van der Waals surface area contributed by atoms with E-state index in [9.17, 15) is 14.2 Å². The monoisotopic (exact) mass is 577 g/mol. The van der Waals surface area contributed by atoms with Crippen molar-refractivity contribution in [3.05, 3.63) is 103 Å². The summed E-state index contributed by atoms with van der Waals surface area (Å²) in [5.74, 6) is 0.665. The Bertz CT molecular complexity index is 1490. The summed E-state index contributed by atoms with van der Waals surface area (Å²) in [6, 6.07) is 14.5. The quantitative estimate of drug-likeness (QED) is 0.106. The van der Waals surface area contributed by atoms with Gasteiger partial charge in [0.1, 0.15) is 24.3 Å². The van der Waals surface area contributed by atoms with E-state index >= 15 is 0 Å². The van der Waals surface area contributed by atoms with Gasteiger partial charge in [0.15, 0.2) is 0 Å². The molecule has 1 aromatic heterocycles. The molecule has 0 spiro atoms. The molecule has 1 N–H and O–H groups in total. The van der Waals surface area contributed by atoms with Gasteiger partial charge in [0.25, 0.3) is 5.56 Å². The number of rotatable bonds is 12. The first-order chi connectivity index (χ1) is 18.8. The van der Waals surface area contributed by atoms with E-state index in [0.29, 0.717) is 11.3 Å². The van der Waals surface area contributed by atoms with Crippen LogP contribution < -0.4 is 20.5 Å². The summed E-state index contributed by atoms with van der Waals surface area (Å²) in [6.07, 6.45) is -0.340. The van der Waals surface area contributed by atoms with Gasteiger partial charge < -0.3 is 14.0 Å². The normalized spacial score (nSPS) is 20.1. The summed E-state index contributed by atoms with van der Waals surface area (Å²) < 4.78 is 43.0. The maximum absolute atomic E-state index is 13.6. The van der Waals surface area contributed by atoms with Gasteiger partial charge in [0.05, 0.1) is 30.4 Å². The third kappa shape index (κ3) is 7.51. The predicted octanol–water partition coefficient (Wildman–Crippen LogP) is 4.76. The van der Waals surface area contributed by atoms with Gasteiger partial charge in [0, 0.05) is 23.1 Å². The van der Waals surface area contributed by atoms with Crippen LogP contribution in [0.5, 0.6) is 11.5 Å². The van der Waals surface area contributed by atoms with Gasteiger partial charge >= 0.3 is 13.5 Å². The Morgan fingerprint density at radius 1 is 1.15 bits per heavy atom. The van der Waals surface area contributed by atoms with Crippen molar-refractivity contribution in [2.75, 3.05) is 19.8 Å². The van der Waals surface area contributed by atoms with Crippen LogP contribution in [-0.2, 0) is 18.3 Å². The molecule has 2 aromatic carbocycles. The van der Waals surface area contributed by atoms with E-state index < -0.39 is 37.4 Å². The van der Waals surface area contributed by atoms with Gasteiger partial charge in [-0.3, -0.25) is 23.4 Å². The number of phosphoric acid groups is 1. The van der Waals surface area contributed by atoms with Crippen molar-refractivity contribution in [3.63, 3.8) is 0 Å². The van der Waals surface area contributed by atoms with Crippen LogP contribution in [0, 0.1) is 6.92 Å². The number of H-pyrrole nitrogens is 1. The van der Waals surface area contributed by atoms with Gasteiger partial charge in [-0.2, -0.15) is 0 Å². The van der Waals surface area contributed by atoms with Crippen LogP contribution in [0.4, 0.5) is 0 Å². The molecular formula is C24H25ClN5O8P. The number of para-hydroxylation sites is 2. The van der Waals surface area contributed by atoms with Crippen molar-refractivity contribution in [1.82, 2.24) is 9.55 Å². The van der Waals surface area contributed by atoms with Crippen molar-refractivity contribution >= 4 is 19.4 Å². The Kier molecular flexibility index (Phi) is 9.47. The number of benzene rings is 2. The Morgan fingerprint density at radius 2 is 1.90 bits per heavy atom. The summed E-state index contributed by atoms with van der Waals surface area (Å²) in [5, 5.41) is 3.92. The number of ether oxygens (including phenoxy) is 2. The first-order valence-corrected chi connectivity index (χ1v) is 13.6. The molecule has 4 rings (SSSR count). The van der Waals surface area contributed by atoms with Crippen molar-refractivity contribution in [2.45, 2.75) is 31.7 Å². The first-order valence-electron chi connectivity index (χ1n) is 11.8. The van der Waals surface area contributed by atoms with E-state index in [2.05, 4.69) is 15.0 Å². The number of aromatic nitrogens is 2. The van der Waals surface area contributed by atoms with E-state index in [4.69, 9.17) is 40.2 Å². The number of nitrogens with zero attached hydrogens (tertiary/aromatic N) is 4. The Morgan fingerprint density at radius 3 is 2.64 bits per heavy atom. The van der Waals surface area contributed by atoms with Crippen LogP contribution in [0.2, 0.25) is 5.02 Å². The minimum atomic E-state index is -4.30. The zero-order valence-corrected chi connectivity index (χ0v) is 22.4. The molecular weight excluding hydrogens is 553 g/mol. The molecule has 2 heterocycles. The minimum absolute atomic E-state index is 0.0427. The number of aromatic amines is 1. The Hall–Kier alpha value is -3.57. The average Bonchev–Trinajstić information content (AvgIpc) is 3.32. The number of nitrogens with one attached hydrogen (secondary N) is 1. The molecule has 0 radical (unpaired) electrons. The summed E-state index contributed by atoms with van der Waals surface area (Å²) in [4.78, 5) is 29.1. The van der Waals surface area contributed by atoms with Crippen molar-refractivity contribution < 1.29 is 27.6 Å². The predicted molar refractivity (Wildman–Crippen MR) is 141 cm³/mol. The van der Waals surface area contributed by atoms with Gasteiger partial charge in [-0.15, -0.1) is 0 Å². The molecule has 1 aliphatic rings. The van der Waals surface area contributed by atoms with Gasteiger partial charge in [0.2, 0.25) is 0 Å². The van der Waals surface area contributed by atoms with E-state index in [1.165, 1.54) is 23.8 Å². The number of hydrogen-bond donors (Lipinski definition) is 1. The average molecular weight is 578 g/mol. The zero-order valence-electron chi connectivity index (χ0n) is 20.7. The maximum Gasteiger partial charge on any atom is 0.530 e. The molecule has 1 unspecified atom stereocenters. The van der Waals surface area contributed by atoms with Gasteiger partial charge in [-0.05, 0) is 36.7 Å². The standard InChI is InChI=1S/C24H25ClN5O8P/c1-16-14-30(24(32)27-23(16)31)22-13-19(28-29-26)21(37-22)15-36-39(33,38-20-10-6-5-9-18(20)25)35-12-11-34-17-7-3-2-4-8-17/h2-10,14,19,21-22H,11-13,15H2,1H3,(H,27,31,32)/t19-,21+,22+,39?/m0/s1. The van der Waals surface area contributed by atoms with Crippen molar-refractivity contribution in [1.29, 1.82) is 0 Å². The molecule has 1 saturated heterocycles. The fourth-order valence-corrected chi connectivity index (χ4v) is 5.18. The third-order valence-electron chi connectivity index (χ3n) is 5.65. The summed E-state index contributed by atoms with van der Waals surface area (Å²) in [5.41, 5.74) is 8.12. The number of hydrogen-bond acceptors (Lipinski definition) is 9. The Labute approximate surface area is 227 Å². The smallest absolute Gasteiger partial charge is 0.491 e. The number of azide groups is 1. The van der Waals surface area contributed by atoms with E-state index in [-0.39, 0.29) is 37.0 Å². The lowest BCUT2D eigenvalue weighted by atomic mass is 10.1. The highest BCUT2D eigenvalue weighted by Gasteiger charge is 2.39. The molecule has 0 saturated carbocycles. The second kappa shape index (κ2) is 13.0. The lowest BCUT2D eigenvalue weighted by molar-refractivity contribution is -0.0281. The van der Waals surface area contributed by atoms with Crippen LogP contribution in [0.3, 0.4) is 0 Å². The molecule has 1 aliphatic heterocycles. The lowest BCUT2D eigenvalue weighted by Gasteiger charge is -2.22. The first kappa shape index (κ1) is 28.4. The topological polar surface area (TPSA) is 167 Å². The lowest BCUT2D eigenvalue weighted by Crippen LogP contribution is -2.33. The molecule has 1 fully saturated rings. The highest BCUT2D eigenvalue weighted by atomic mass is 35.5. The molecule has 15 heteroatoms. The minimum Gasteiger partial charge on any atom is -0.491 e. The van der Waals surface area contributed by atoms with Crippen LogP contribution in [0.25, 0.3) is 10.4 Å². The second-order valence-corrected chi connectivity index (χ2v) is 10.4. The molecule has 0 amide bonds. The van der Waals surface area contributed by atoms with E-state index in [1.54, 1.807) is 30.3 Å². The van der Waals surface area contributed by atoms with Crippen LogP contribution in [0.15, 0.2) is 75.5 Å². The van der Waals surface area contributed by atoms with E-state index in [1.807, 2.05) is 18.2 Å². The molecule has 0 bridgehead atoms. The van der Waals surface area contributed by atoms with Crippen molar-refractivity contribution in [3.8, 4) is 11.5 Å². The maximum atomic E-state index is 13.6. The van der Waals surface area contributed by atoms with Gasteiger partial charge in [-0.25, -0.2) is 9.36 Å². The highest BCUT2D eigenvalue weighted by molar-refractivity contribution is 7.48. The second-order valence-electron chi connectivity index (χ2n) is 8.38. The molecule has 0 aliphatic carbocycles. The zero-order chi connectivity index (χ0) is 27.8. The number of aryl methyl sites for hydroxylation is 1. The summed E-state index contributed by atoms with van der Waals surface area (Å²) in [7, 11) is -4.30.